The van der Waals surface area contributed by atoms with Crippen molar-refractivity contribution in [2.75, 3.05) is 12.4 Å². The second-order valence-corrected chi connectivity index (χ2v) is 7.15. The Balaban J connectivity index is 5.16. The summed E-state index contributed by atoms with van der Waals surface area (Å²) in [4.78, 5) is 47.7. The van der Waals surface area contributed by atoms with Gasteiger partial charge in [-0.25, -0.2) is 4.79 Å². The molecule has 0 aliphatic carbocycles. The van der Waals surface area contributed by atoms with Crippen LogP contribution in [0.5, 0.6) is 0 Å². The SMILES string of the molecule is CC(C)CC(NC(=O)C(NC(=O)C(CO)NC(=O)C(N)CS)C(C)O)C(=O)O. The van der Waals surface area contributed by atoms with Crippen LogP contribution in [-0.4, -0.2) is 81.6 Å². The number of rotatable bonds is 12. The number of aliphatic carboxylic acids is 1. The molecule has 0 aromatic rings. The average Bonchev–Trinajstić information content (AvgIpc) is 2.61. The Morgan fingerprint density at radius 3 is 1.89 bits per heavy atom. The molecule has 0 saturated heterocycles. The molecule has 0 aliphatic heterocycles. The van der Waals surface area contributed by atoms with Gasteiger partial charge in [-0.3, -0.25) is 14.4 Å². The number of hydrogen-bond donors (Lipinski definition) is 8. The smallest absolute Gasteiger partial charge is 0.326 e. The molecule has 0 aromatic heterocycles. The molecule has 0 rings (SSSR count). The number of carbonyl (C=O) groups excluding carboxylic acids is 3. The molecule has 0 saturated carbocycles. The lowest BCUT2D eigenvalue weighted by Crippen LogP contribution is -2.60. The molecule has 0 fully saturated rings. The summed E-state index contributed by atoms with van der Waals surface area (Å²) in [5.74, 6) is -3.85. The molecule has 5 unspecified atom stereocenters. The van der Waals surface area contributed by atoms with E-state index in [9.17, 15) is 34.5 Å². The summed E-state index contributed by atoms with van der Waals surface area (Å²) in [6.45, 7) is 4.00. The fraction of sp³-hybridized carbons (Fsp3) is 0.750. The summed E-state index contributed by atoms with van der Waals surface area (Å²) in [6, 6.07) is -5.12. The van der Waals surface area contributed by atoms with E-state index in [1.54, 1.807) is 13.8 Å². The molecule has 0 heterocycles. The summed E-state index contributed by atoms with van der Waals surface area (Å²) in [6.07, 6.45) is -1.22. The van der Waals surface area contributed by atoms with Gasteiger partial charge in [0, 0.05) is 5.75 Å². The highest BCUT2D eigenvalue weighted by molar-refractivity contribution is 7.80. The predicted octanol–water partition coefficient (Wildman–Crippen LogP) is -2.80. The highest BCUT2D eigenvalue weighted by atomic mass is 32.1. The predicted molar refractivity (Wildman–Crippen MR) is 103 cm³/mol. The summed E-state index contributed by atoms with van der Waals surface area (Å²) in [5.41, 5.74) is 5.48. The summed E-state index contributed by atoms with van der Waals surface area (Å²) >= 11 is 3.86. The molecule has 28 heavy (non-hydrogen) atoms. The molecule has 8 N–H and O–H groups in total. The van der Waals surface area contributed by atoms with Gasteiger partial charge in [0.25, 0.3) is 0 Å². The number of aliphatic hydroxyl groups is 2. The number of nitrogens with one attached hydrogen (secondary N) is 3. The first-order chi connectivity index (χ1) is 12.9. The fourth-order valence-corrected chi connectivity index (χ4v) is 2.34. The Bertz CT molecular complexity index is 559. The second kappa shape index (κ2) is 12.5. The summed E-state index contributed by atoms with van der Waals surface area (Å²) in [7, 11) is 0. The third-order valence-corrected chi connectivity index (χ3v) is 4.13. The lowest BCUT2D eigenvalue weighted by atomic mass is 10.0. The van der Waals surface area contributed by atoms with E-state index < -0.39 is 60.6 Å². The van der Waals surface area contributed by atoms with Crippen LogP contribution in [0.2, 0.25) is 0 Å². The normalized spacial score (nSPS) is 16.4. The van der Waals surface area contributed by atoms with Crippen LogP contribution in [0.3, 0.4) is 0 Å². The van der Waals surface area contributed by atoms with Gasteiger partial charge in [0.1, 0.15) is 18.1 Å². The van der Waals surface area contributed by atoms with Gasteiger partial charge in [-0.05, 0) is 19.3 Å². The van der Waals surface area contributed by atoms with E-state index in [-0.39, 0.29) is 18.1 Å². The van der Waals surface area contributed by atoms with Crippen molar-refractivity contribution in [3.8, 4) is 0 Å². The molecule has 11 nitrogen and oxygen atoms in total. The van der Waals surface area contributed by atoms with Gasteiger partial charge < -0.3 is 37.0 Å². The van der Waals surface area contributed by atoms with Crippen molar-refractivity contribution in [1.82, 2.24) is 16.0 Å². The van der Waals surface area contributed by atoms with Crippen molar-refractivity contribution in [2.24, 2.45) is 11.7 Å². The second-order valence-electron chi connectivity index (χ2n) is 6.79. The molecule has 3 amide bonds. The van der Waals surface area contributed by atoms with Gasteiger partial charge in [-0.15, -0.1) is 0 Å². The first kappa shape index (κ1) is 26.1. The molecule has 0 aliphatic rings. The third kappa shape index (κ3) is 8.87. The van der Waals surface area contributed by atoms with E-state index in [0.717, 1.165) is 0 Å². The van der Waals surface area contributed by atoms with Crippen LogP contribution >= 0.6 is 12.6 Å². The van der Waals surface area contributed by atoms with Gasteiger partial charge in [-0.1, -0.05) is 13.8 Å². The maximum absolute atomic E-state index is 12.4. The molecular weight excluding hydrogens is 392 g/mol. The van der Waals surface area contributed by atoms with Crippen LogP contribution in [0, 0.1) is 5.92 Å². The van der Waals surface area contributed by atoms with E-state index in [0.29, 0.717) is 0 Å². The van der Waals surface area contributed by atoms with Crippen LogP contribution in [0.4, 0.5) is 0 Å². The number of carbonyl (C=O) groups is 4. The van der Waals surface area contributed by atoms with E-state index >= 15 is 0 Å². The van der Waals surface area contributed by atoms with E-state index in [2.05, 4.69) is 28.6 Å². The molecular formula is C16H30N4O7S. The number of carboxylic acid groups (broad SMARTS) is 1. The summed E-state index contributed by atoms with van der Waals surface area (Å²) < 4.78 is 0. The zero-order valence-electron chi connectivity index (χ0n) is 16.1. The van der Waals surface area contributed by atoms with E-state index in [4.69, 9.17) is 5.73 Å². The van der Waals surface area contributed by atoms with Crippen LogP contribution in [0.15, 0.2) is 0 Å². The molecule has 162 valence electrons. The van der Waals surface area contributed by atoms with Gasteiger partial charge in [0.05, 0.1) is 18.8 Å². The maximum atomic E-state index is 12.4. The zero-order valence-corrected chi connectivity index (χ0v) is 17.0. The Hall–Kier alpha value is -1.89. The van der Waals surface area contributed by atoms with Crippen molar-refractivity contribution >= 4 is 36.3 Å². The zero-order chi connectivity index (χ0) is 22.0. The first-order valence-corrected chi connectivity index (χ1v) is 9.37. The Morgan fingerprint density at radius 2 is 1.50 bits per heavy atom. The average molecular weight is 423 g/mol. The number of hydrogen-bond acceptors (Lipinski definition) is 8. The van der Waals surface area contributed by atoms with Crippen molar-refractivity contribution in [2.45, 2.75) is 57.5 Å². The van der Waals surface area contributed by atoms with Crippen molar-refractivity contribution < 1.29 is 34.5 Å². The molecule has 0 spiro atoms. The lowest BCUT2D eigenvalue weighted by Gasteiger charge is -2.26. The number of nitrogens with two attached hydrogens (primary N) is 1. The molecule has 0 bridgehead atoms. The van der Waals surface area contributed by atoms with Crippen LogP contribution < -0.4 is 21.7 Å². The molecule has 0 aromatic carbocycles. The Morgan fingerprint density at radius 1 is 0.964 bits per heavy atom. The highest BCUT2D eigenvalue weighted by Gasteiger charge is 2.32. The minimum atomic E-state index is -1.49. The molecule has 5 atom stereocenters. The van der Waals surface area contributed by atoms with Crippen molar-refractivity contribution in [3.63, 3.8) is 0 Å². The van der Waals surface area contributed by atoms with Gasteiger partial charge in [0.15, 0.2) is 0 Å². The van der Waals surface area contributed by atoms with Crippen LogP contribution in [0.25, 0.3) is 0 Å². The monoisotopic (exact) mass is 422 g/mol. The Labute approximate surface area is 168 Å². The van der Waals surface area contributed by atoms with Gasteiger partial charge in [-0.2, -0.15) is 12.6 Å². The number of carboxylic acids is 1. The molecule has 12 heteroatoms. The maximum Gasteiger partial charge on any atom is 0.326 e. The number of aliphatic hydroxyl groups excluding tert-OH is 2. The van der Waals surface area contributed by atoms with Gasteiger partial charge in [0.2, 0.25) is 17.7 Å². The fourth-order valence-electron chi connectivity index (χ4n) is 2.17. The van der Waals surface area contributed by atoms with E-state index in [1.165, 1.54) is 6.92 Å². The van der Waals surface area contributed by atoms with E-state index in [1.807, 2.05) is 0 Å². The van der Waals surface area contributed by atoms with Crippen LogP contribution in [-0.2, 0) is 19.2 Å². The first-order valence-electron chi connectivity index (χ1n) is 8.73. The largest absolute Gasteiger partial charge is 0.480 e. The topological polar surface area (TPSA) is 191 Å². The summed E-state index contributed by atoms with van der Waals surface area (Å²) in [5, 5.41) is 35.0. The Kier molecular flexibility index (Phi) is 11.7. The minimum Gasteiger partial charge on any atom is -0.480 e. The van der Waals surface area contributed by atoms with Gasteiger partial charge >= 0.3 is 5.97 Å². The van der Waals surface area contributed by atoms with Crippen LogP contribution in [0.1, 0.15) is 27.2 Å². The van der Waals surface area contributed by atoms with Crippen molar-refractivity contribution in [3.05, 3.63) is 0 Å². The minimum absolute atomic E-state index is 0.0106. The standard InChI is InChI=1S/C16H30N4O7S/c1-7(2)4-10(16(26)27)18-15(25)12(8(3)22)20-14(24)11(5-21)19-13(23)9(17)6-28/h7-12,21-22,28H,4-6,17H2,1-3H3,(H,18,25)(H,19,23)(H,20,24)(H,26,27). The third-order valence-electron chi connectivity index (χ3n) is 3.73. The lowest BCUT2D eigenvalue weighted by molar-refractivity contribution is -0.143. The van der Waals surface area contributed by atoms with Crippen molar-refractivity contribution in [1.29, 1.82) is 0 Å². The quantitative estimate of drug-likeness (QED) is 0.155. The molecule has 0 radical (unpaired) electrons. The number of amides is 3. The highest BCUT2D eigenvalue weighted by Crippen LogP contribution is 2.06. The number of thiol groups is 1.